The van der Waals surface area contributed by atoms with Gasteiger partial charge < -0.3 is 15.0 Å². The zero-order chi connectivity index (χ0) is 14.6. The predicted octanol–water partition coefficient (Wildman–Crippen LogP) is 0.698. The highest BCUT2D eigenvalue weighted by atomic mass is 16.5. The van der Waals surface area contributed by atoms with Gasteiger partial charge in [-0.05, 0) is 46.7 Å². The van der Waals surface area contributed by atoms with E-state index in [1.807, 2.05) is 14.0 Å². The molecule has 1 saturated carbocycles. The first-order chi connectivity index (χ1) is 9.61. The summed E-state index contributed by atoms with van der Waals surface area (Å²) in [5.41, 5.74) is -0.470. The van der Waals surface area contributed by atoms with Gasteiger partial charge in [0.15, 0.2) is 0 Å². The van der Waals surface area contributed by atoms with Gasteiger partial charge in [-0.25, -0.2) is 0 Å². The summed E-state index contributed by atoms with van der Waals surface area (Å²) < 4.78 is 5.30. The van der Waals surface area contributed by atoms with Crippen molar-refractivity contribution in [3.05, 3.63) is 0 Å². The summed E-state index contributed by atoms with van der Waals surface area (Å²) in [7, 11) is 4.07. The van der Waals surface area contributed by atoms with Crippen molar-refractivity contribution >= 4 is 5.97 Å². The number of likely N-dealkylation sites (N-methyl/N-ethyl adjacent to an activating group) is 2. The Morgan fingerprint density at radius 2 is 2.05 bits per heavy atom. The molecule has 116 valence electrons. The minimum absolute atomic E-state index is 0.0682. The SMILES string of the molecule is CCOC(=O)C1(NC)CCCC(N2CCN(C)CC2)C1. The lowest BCUT2D eigenvalue weighted by molar-refractivity contribution is -0.153. The third-order valence-electron chi connectivity index (χ3n) is 4.92. The Balaban J connectivity index is 2.00. The number of carbonyl (C=O) groups excluding carboxylic acids is 1. The Morgan fingerprint density at radius 1 is 1.35 bits per heavy atom. The fraction of sp³-hybridized carbons (Fsp3) is 0.933. The Labute approximate surface area is 122 Å². The van der Waals surface area contributed by atoms with E-state index in [1.54, 1.807) is 0 Å². The molecule has 5 heteroatoms. The van der Waals surface area contributed by atoms with Crippen molar-refractivity contribution in [2.24, 2.45) is 0 Å². The molecule has 0 radical (unpaired) electrons. The molecule has 1 aliphatic carbocycles. The van der Waals surface area contributed by atoms with E-state index >= 15 is 0 Å². The van der Waals surface area contributed by atoms with Crippen molar-refractivity contribution < 1.29 is 9.53 Å². The molecular weight excluding hydrogens is 254 g/mol. The number of nitrogens with zero attached hydrogens (tertiary/aromatic N) is 2. The first-order valence-corrected chi connectivity index (χ1v) is 7.90. The molecule has 1 aliphatic heterocycles. The van der Waals surface area contributed by atoms with E-state index in [1.165, 1.54) is 6.42 Å². The van der Waals surface area contributed by atoms with Crippen LogP contribution in [-0.4, -0.2) is 74.2 Å². The summed E-state index contributed by atoms with van der Waals surface area (Å²) in [6.07, 6.45) is 4.07. The van der Waals surface area contributed by atoms with Gasteiger partial charge in [-0.3, -0.25) is 9.69 Å². The van der Waals surface area contributed by atoms with E-state index in [0.29, 0.717) is 12.6 Å². The number of rotatable bonds is 4. The summed E-state index contributed by atoms with van der Waals surface area (Å²) in [5.74, 6) is -0.0682. The van der Waals surface area contributed by atoms with Crippen molar-refractivity contribution in [3.8, 4) is 0 Å². The summed E-state index contributed by atoms with van der Waals surface area (Å²) >= 11 is 0. The fourth-order valence-corrected chi connectivity index (χ4v) is 3.53. The van der Waals surface area contributed by atoms with Crippen molar-refractivity contribution in [2.45, 2.75) is 44.2 Å². The van der Waals surface area contributed by atoms with Crippen LogP contribution in [-0.2, 0) is 9.53 Å². The smallest absolute Gasteiger partial charge is 0.326 e. The summed E-state index contributed by atoms with van der Waals surface area (Å²) in [6, 6.07) is 0.509. The molecule has 0 amide bonds. The number of hydrogen-bond acceptors (Lipinski definition) is 5. The molecule has 0 aromatic heterocycles. The topological polar surface area (TPSA) is 44.8 Å². The second-order valence-corrected chi connectivity index (χ2v) is 6.14. The van der Waals surface area contributed by atoms with Crippen LogP contribution in [0.1, 0.15) is 32.6 Å². The number of ether oxygens (including phenoxy) is 1. The minimum Gasteiger partial charge on any atom is -0.465 e. The lowest BCUT2D eigenvalue weighted by Crippen LogP contribution is -2.59. The van der Waals surface area contributed by atoms with Crippen LogP contribution in [0, 0.1) is 0 Å². The Bertz CT molecular complexity index is 329. The van der Waals surface area contributed by atoms with Gasteiger partial charge in [-0.1, -0.05) is 0 Å². The highest BCUT2D eigenvalue weighted by molar-refractivity contribution is 5.81. The lowest BCUT2D eigenvalue weighted by atomic mass is 9.78. The zero-order valence-corrected chi connectivity index (χ0v) is 13.2. The maximum atomic E-state index is 12.3. The molecule has 0 aromatic rings. The van der Waals surface area contributed by atoms with Crippen LogP contribution >= 0.6 is 0 Å². The van der Waals surface area contributed by atoms with E-state index in [9.17, 15) is 4.79 Å². The van der Waals surface area contributed by atoms with Crippen molar-refractivity contribution in [1.29, 1.82) is 0 Å². The lowest BCUT2D eigenvalue weighted by Gasteiger charge is -2.45. The molecule has 0 bridgehead atoms. The second-order valence-electron chi connectivity index (χ2n) is 6.14. The first-order valence-electron chi connectivity index (χ1n) is 7.90. The Kier molecular flexibility index (Phi) is 5.41. The minimum atomic E-state index is -0.470. The number of nitrogens with one attached hydrogen (secondary N) is 1. The van der Waals surface area contributed by atoms with Gasteiger partial charge in [0.25, 0.3) is 0 Å². The molecule has 2 atom stereocenters. The van der Waals surface area contributed by atoms with Gasteiger partial charge in [0, 0.05) is 32.2 Å². The summed E-state index contributed by atoms with van der Waals surface area (Å²) in [5, 5.41) is 3.27. The molecule has 0 aromatic carbocycles. The molecule has 1 saturated heterocycles. The van der Waals surface area contributed by atoms with Gasteiger partial charge >= 0.3 is 5.97 Å². The fourth-order valence-electron chi connectivity index (χ4n) is 3.53. The molecule has 0 spiro atoms. The van der Waals surface area contributed by atoms with Crippen LogP contribution < -0.4 is 5.32 Å². The van der Waals surface area contributed by atoms with Crippen LogP contribution in [0.4, 0.5) is 0 Å². The average molecular weight is 283 g/mol. The predicted molar refractivity (Wildman–Crippen MR) is 79.7 cm³/mol. The van der Waals surface area contributed by atoms with Crippen LogP contribution in [0.3, 0.4) is 0 Å². The highest BCUT2D eigenvalue weighted by Gasteiger charge is 2.44. The number of esters is 1. The molecule has 2 fully saturated rings. The zero-order valence-electron chi connectivity index (χ0n) is 13.2. The maximum absolute atomic E-state index is 12.3. The summed E-state index contributed by atoms with van der Waals surface area (Å²) in [4.78, 5) is 17.3. The molecule has 20 heavy (non-hydrogen) atoms. The third kappa shape index (κ3) is 3.32. The van der Waals surface area contributed by atoms with Gasteiger partial charge in [0.05, 0.1) is 6.61 Å². The Hall–Kier alpha value is -0.650. The van der Waals surface area contributed by atoms with Crippen LogP contribution in [0.15, 0.2) is 0 Å². The number of hydrogen-bond donors (Lipinski definition) is 1. The highest BCUT2D eigenvalue weighted by Crippen LogP contribution is 2.32. The second kappa shape index (κ2) is 6.87. The van der Waals surface area contributed by atoms with E-state index < -0.39 is 5.54 Å². The van der Waals surface area contributed by atoms with E-state index in [4.69, 9.17) is 4.74 Å². The third-order valence-corrected chi connectivity index (χ3v) is 4.92. The number of piperazine rings is 1. The Morgan fingerprint density at radius 3 is 2.65 bits per heavy atom. The van der Waals surface area contributed by atoms with Crippen LogP contribution in [0.25, 0.3) is 0 Å². The molecule has 5 nitrogen and oxygen atoms in total. The van der Waals surface area contributed by atoms with Gasteiger partial charge in [-0.2, -0.15) is 0 Å². The molecule has 2 rings (SSSR count). The number of carbonyl (C=O) groups is 1. The van der Waals surface area contributed by atoms with Crippen molar-refractivity contribution in [3.63, 3.8) is 0 Å². The van der Waals surface area contributed by atoms with E-state index in [-0.39, 0.29) is 5.97 Å². The molecule has 1 N–H and O–H groups in total. The van der Waals surface area contributed by atoms with Crippen molar-refractivity contribution in [1.82, 2.24) is 15.1 Å². The van der Waals surface area contributed by atoms with Crippen LogP contribution in [0.5, 0.6) is 0 Å². The molecule has 2 aliphatic rings. The quantitative estimate of drug-likeness (QED) is 0.770. The van der Waals surface area contributed by atoms with Gasteiger partial charge in [-0.15, -0.1) is 0 Å². The summed E-state index contributed by atoms with van der Waals surface area (Å²) in [6.45, 7) is 6.82. The molecule has 2 unspecified atom stereocenters. The van der Waals surface area contributed by atoms with Crippen molar-refractivity contribution in [2.75, 3.05) is 46.9 Å². The largest absolute Gasteiger partial charge is 0.465 e. The molecule has 1 heterocycles. The molecular formula is C15H29N3O2. The normalized spacial score (nSPS) is 33.0. The van der Waals surface area contributed by atoms with Crippen LogP contribution in [0.2, 0.25) is 0 Å². The standard InChI is InChI=1S/C15H29N3O2/c1-4-20-14(19)15(16-2)7-5-6-13(12-15)18-10-8-17(3)9-11-18/h13,16H,4-12H2,1-3H3. The monoisotopic (exact) mass is 283 g/mol. The first kappa shape index (κ1) is 15.7. The van der Waals surface area contributed by atoms with Gasteiger partial charge in [0.1, 0.15) is 5.54 Å². The average Bonchev–Trinajstić information content (AvgIpc) is 2.48. The van der Waals surface area contributed by atoms with E-state index in [0.717, 1.165) is 45.4 Å². The maximum Gasteiger partial charge on any atom is 0.326 e. The van der Waals surface area contributed by atoms with E-state index in [2.05, 4.69) is 22.2 Å². The van der Waals surface area contributed by atoms with Gasteiger partial charge in [0.2, 0.25) is 0 Å².